The van der Waals surface area contributed by atoms with Crippen molar-refractivity contribution in [2.45, 2.75) is 6.54 Å². The topological polar surface area (TPSA) is 84.0 Å². The first-order valence-corrected chi connectivity index (χ1v) is 12.9. The summed E-state index contributed by atoms with van der Waals surface area (Å²) in [6.07, 6.45) is 0. The minimum Gasteiger partial charge on any atom is -0.348 e. The molecule has 0 aliphatic carbocycles. The molecule has 7 heteroatoms. The van der Waals surface area contributed by atoms with Gasteiger partial charge >= 0.3 is 5.69 Å². The fourth-order valence-corrected chi connectivity index (χ4v) is 5.83. The van der Waals surface area contributed by atoms with E-state index in [1.807, 2.05) is 72.8 Å². The van der Waals surface area contributed by atoms with Gasteiger partial charge in [-0.25, -0.2) is 9.36 Å². The molecule has 0 bridgehead atoms. The van der Waals surface area contributed by atoms with Crippen molar-refractivity contribution in [2.24, 2.45) is 0 Å². The summed E-state index contributed by atoms with van der Waals surface area (Å²) in [5.74, 6) is -0.0961. The van der Waals surface area contributed by atoms with E-state index in [1.165, 1.54) is 4.57 Å². The van der Waals surface area contributed by atoms with Gasteiger partial charge in [-0.1, -0.05) is 78.3 Å². The molecule has 1 amide bonds. The van der Waals surface area contributed by atoms with Gasteiger partial charge in [0.15, 0.2) is 0 Å². The zero-order valence-electron chi connectivity index (χ0n) is 20.5. The molecule has 0 unspecified atom stereocenters. The van der Waals surface area contributed by atoms with Gasteiger partial charge in [0.1, 0.15) is 0 Å². The third kappa shape index (κ3) is 3.60. The molecular weight excluding hydrogens is 510 g/mol. The van der Waals surface area contributed by atoms with Gasteiger partial charge in [0, 0.05) is 28.1 Å². The maximum Gasteiger partial charge on any atom is 0.333 e. The summed E-state index contributed by atoms with van der Waals surface area (Å²) in [6.45, 7) is 0.440. The molecule has 1 aromatic heterocycles. The van der Waals surface area contributed by atoms with E-state index in [4.69, 9.17) is 11.6 Å². The van der Waals surface area contributed by atoms with Gasteiger partial charge in [0.2, 0.25) is 0 Å². The molecule has 5 aromatic carbocycles. The number of aromatic nitrogens is 2. The Balaban J connectivity index is 1.43. The Morgan fingerprint density at radius 3 is 2.36 bits per heavy atom. The Hall–Kier alpha value is -4.94. The van der Waals surface area contributed by atoms with Crippen molar-refractivity contribution in [2.75, 3.05) is 0 Å². The molecule has 0 atom stereocenters. The average Bonchev–Trinajstić information content (AvgIpc) is 3.33. The predicted molar refractivity (Wildman–Crippen MR) is 155 cm³/mol. The highest BCUT2D eigenvalue weighted by atomic mass is 35.5. The van der Waals surface area contributed by atoms with Crippen LogP contribution in [0.4, 0.5) is 0 Å². The van der Waals surface area contributed by atoms with Crippen molar-refractivity contribution in [3.05, 3.63) is 134 Å². The van der Waals surface area contributed by atoms with Crippen LogP contribution in [0, 0.1) is 0 Å². The van der Waals surface area contributed by atoms with Gasteiger partial charge in [0.25, 0.3) is 11.5 Å². The molecule has 188 valence electrons. The molecule has 6 nitrogen and oxygen atoms in total. The van der Waals surface area contributed by atoms with Crippen LogP contribution in [0.5, 0.6) is 0 Å². The average molecular weight is 530 g/mol. The number of halogens is 1. The number of benzene rings is 5. The number of aromatic amines is 1. The SMILES string of the molecule is O=C1NCc2c1cccc2-c1cccc(Cl)c1-c1ccc2c(=O)n(-c3cccc4ccccc34)c(=O)[nH]c2c1. The zero-order valence-corrected chi connectivity index (χ0v) is 21.3. The van der Waals surface area contributed by atoms with Crippen LogP contribution in [-0.2, 0) is 6.54 Å². The largest absolute Gasteiger partial charge is 0.348 e. The molecule has 0 saturated heterocycles. The zero-order chi connectivity index (χ0) is 26.7. The van der Waals surface area contributed by atoms with Crippen molar-refractivity contribution in [1.82, 2.24) is 14.9 Å². The summed E-state index contributed by atoms with van der Waals surface area (Å²) in [7, 11) is 0. The minimum atomic E-state index is -0.522. The molecule has 39 heavy (non-hydrogen) atoms. The van der Waals surface area contributed by atoms with Crippen LogP contribution < -0.4 is 16.6 Å². The third-order valence-corrected chi connectivity index (χ3v) is 7.66. The summed E-state index contributed by atoms with van der Waals surface area (Å²) in [4.78, 5) is 42.1. The van der Waals surface area contributed by atoms with E-state index >= 15 is 0 Å². The standard InChI is InChI=1S/C32H20ClN3O3/c33-26-12-5-10-22(21-9-4-11-23-25(21)17-34-30(23)37)29(26)19-14-15-24-27(16-19)35-32(39)36(31(24)38)28-13-3-7-18-6-1-2-8-20(18)28/h1-16H,17H2,(H,34,37)(H,35,39). The van der Waals surface area contributed by atoms with Crippen LogP contribution >= 0.6 is 11.6 Å². The molecule has 1 aliphatic heterocycles. The summed E-state index contributed by atoms with van der Waals surface area (Å²) in [5.41, 5.74) is 4.86. The first-order chi connectivity index (χ1) is 19.0. The molecule has 0 fully saturated rings. The molecule has 0 spiro atoms. The van der Waals surface area contributed by atoms with Gasteiger partial charge in [0.05, 0.1) is 16.6 Å². The Morgan fingerprint density at radius 2 is 1.46 bits per heavy atom. The lowest BCUT2D eigenvalue weighted by atomic mass is 9.90. The second-order valence-corrected chi connectivity index (χ2v) is 9.91. The molecule has 1 aliphatic rings. The lowest BCUT2D eigenvalue weighted by Gasteiger charge is -2.15. The highest BCUT2D eigenvalue weighted by molar-refractivity contribution is 6.34. The fourth-order valence-electron chi connectivity index (χ4n) is 5.54. The second kappa shape index (κ2) is 8.82. The lowest BCUT2D eigenvalue weighted by molar-refractivity contribution is 0.0965. The van der Waals surface area contributed by atoms with Gasteiger partial charge in [-0.3, -0.25) is 9.59 Å². The number of nitrogens with one attached hydrogen (secondary N) is 2. The molecule has 0 radical (unpaired) electrons. The number of hydrogen-bond donors (Lipinski definition) is 2. The second-order valence-electron chi connectivity index (χ2n) is 9.51. The van der Waals surface area contributed by atoms with Crippen molar-refractivity contribution in [3.8, 4) is 27.9 Å². The van der Waals surface area contributed by atoms with Crippen LogP contribution in [0.15, 0.2) is 107 Å². The van der Waals surface area contributed by atoms with Gasteiger partial charge in [-0.05, 0) is 58.0 Å². The lowest BCUT2D eigenvalue weighted by Crippen LogP contribution is -2.33. The van der Waals surface area contributed by atoms with E-state index in [1.54, 1.807) is 24.3 Å². The van der Waals surface area contributed by atoms with Crippen LogP contribution in [0.3, 0.4) is 0 Å². The van der Waals surface area contributed by atoms with Crippen molar-refractivity contribution >= 4 is 39.2 Å². The number of fused-ring (bicyclic) bond motifs is 3. The van der Waals surface area contributed by atoms with Crippen LogP contribution in [0.1, 0.15) is 15.9 Å². The van der Waals surface area contributed by atoms with Crippen LogP contribution in [-0.4, -0.2) is 15.5 Å². The summed E-state index contributed by atoms with van der Waals surface area (Å²) >= 11 is 6.75. The van der Waals surface area contributed by atoms with Crippen LogP contribution in [0.25, 0.3) is 49.6 Å². The van der Waals surface area contributed by atoms with E-state index < -0.39 is 11.2 Å². The Morgan fingerprint density at radius 1 is 0.718 bits per heavy atom. The summed E-state index contributed by atoms with van der Waals surface area (Å²) in [6, 6.07) is 29.8. The normalized spacial score (nSPS) is 12.6. The van der Waals surface area contributed by atoms with Crippen molar-refractivity contribution in [1.29, 1.82) is 0 Å². The van der Waals surface area contributed by atoms with Gasteiger partial charge in [-0.2, -0.15) is 0 Å². The molecule has 2 N–H and O–H groups in total. The molecule has 7 rings (SSSR count). The number of hydrogen-bond acceptors (Lipinski definition) is 3. The van der Waals surface area contributed by atoms with Gasteiger partial charge < -0.3 is 10.3 Å². The highest BCUT2D eigenvalue weighted by Gasteiger charge is 2.24. The van der Waals surface area contributed by atoms with E-state index in [2.05, 4.69) is 10.3 Å². The summed E-state index contributed by atoms with van der Waals surface area (Å²) < 4.78 is 1.18. The van der Waals surface area contributed by atoms with E-state index in [-0.39, 0.29) is 5.91 Å². The number of carbonyl (C=O) groups is 1. The van der Waals surface area contributed by atoms with E-state index in [0.717, 1.165) is 38.6 Å². The van der Waals surface area contributed by atoms with E-state index in [9.17, 15) is 14.4 Å². The number of H-pyrrole nitrogens is 1. The van der Waals surface area contributed by atoms with Gasteiger partial charge in [-0.15, -0.1) is 0 Å². The minimum absolute atomic E-state index is 0.0961. The summed E-state index contributed by atoms with van der Waals surface area (Å²) in [5, 5.41) is 5.54. The molecular formula is C32H20ClN3O3. The quantitative estimate of drug-likeness (QED) is 0.292. The number of nitrogens with zero attached hydrogens (tertiary/aromatic N) is 1. The number of amides is 1. The Labute approximate surface area is 227 Å². The number of carbonyl (C=O) groups excluding carboxylic acids is 1. The molecule has 6 aromatic rings. The third-order valence-electron chi connectivity index (χ3n) is 7.34. The first-order valence-electron chi connectivity index (χ1n) is 12.5. The maximum absolute atomic E-state index is 13.6. The van der Waals surface area contributed by atoms with Crippen molar-refractivity contribution in [3.63, 3.8) is 0 Å². The molecule has 2 heterocycles. The van der Waals surface area contributed by atoms with Crippen molar-refractivity contribution < 1.29 is 4.79 Å². The smallest absolute Gasteiger partial charge is 0.333 e. The predicted octanol–water partition coefficient (Wildman–Crippen LogP) is 6.06. The van der Waals surface area contributed by atoms with Crippen LogP contribution in [0.2, 0.25) is 5.02 Å². The maximum atomic E-state index is 13.6. The Bertz CT molecular complexity index is 2100. The van der Waals surface area contributed by atoms with E-state index in [0.29, 0.717) is 33.7 Å². The fraction of sp³-hybridized carbons (Fsp3) is 0.0312. The first kappa shape index (κ1) is 23.2. The molecule has 0 saturated carbocycles. The number of rotatable bonds is 3. The monoisotopic (exact) mass is 529 g/mol. The highest BCUT2D eigenvalue weighted by Crippen LogP contribution is 2.40. The Kier molecular flexibility index (Phi) is 5.25.